The second-order valence-corrected chi connectivity index (χ2v) is 3.95. The Balaban J connectivity index is 1.72. The van der Waals surface area contributed by atoms with Gasteiger partial charge in [0.15, 0.2) is 0 Å². The van der Waals surface area contributed by atoms with Crippen LogP contribution in [0, 0.1) is 0 Å². The second kappa shape index (κ2) is 7.13. The zero-order valence-electron chi connectivity index (χ0n) is 11.2. The normalized spacial score (nSPS) is 10.1. The van der Waals surface area contributed by atoms with Crippen molar-refractivity contribution in [3.63, 3.8) is 0 Å². The summed E-state index contributed by atoms with van der Waals surface area (Å²) >= 11 is 0. The first-order valence-corrected chi connectivity index (χ1v) is 6.25. The number of nitrogens with zero attached hydrogens (tertiary/aromatic N) is 3. The van der Waals surface area contributed by atoms with Crippen molar-refractivity contribution in [1.29, 1.82) is 0 Å². The molecule has 0 bridgehead atoms. The maximum atomic E-state index is 5.57. The van der Waals surface area contributed by atoms with Gasteiger partial charge in [-0.05, 0) is 18.6 Å². The van der Waals surface area contributed by atoms with Crippen LogP contribution in [0.2, 0.25) is 0 Å². The van der Waals surface area contributed by atoms with Gasteiger partial charge in [0, 0.05) is 6.54 Å². The van der Waals surface area contributed by atoms with E-state index >= 15 is 0 Å². The van der Waals surface area contributed by atoms with Crippen LogP contribution in [0.15, 0.2) is 30.3 Å². The lowest BCUT2D eigenvalue weighted by Gasteiger charge is -2.08. The number of anilines is 2. The number of aromatic nitrogens is 3. The van der Waals surface area contributed by atoms with Crippen LogP contribution in [-0.2, 0) is 0 Å². The van der Waals surface area contributed by atoms with E-state index in [1.807, 2.05) is 30.3 Å². The molecular weight excluding hydrogens is 258 g/mol. The van der Waals surface area contributed by atoms with E-state index in [0.717, 1.165) is 12.2 Å². The Kier molecular flexibility index (Phi) is 4.94. The largest absolute Gasteiger partial charge is 0.494 e. The number of nitrogens with two attached hydrogens (primary N) is 1. The molecule has 0 spiro atoms. The number of hydrogen-bond donors (Lipinski definition) is 2. The van der Waals surface area contributed by atoms with Gasteiger partial charge in [-0.25, -0.2) is 0 Å². The van der Waals surface area contributed by atoms with Crippen molar-refractivity contribution in [2.75, 3.05) is 31.3 Å². The molecule has 3 N–H and O–H groups in total. The highest BCUT2D eigenvalue weighted by Crippen LogP contribution is 2.09. The minimum atomic E-state index is 0.125. The summed E-state index contributed by atoms with van der Waals surface area (Å²) in [4.78, 5) is 11.8. The van der Waals surface area contributed by atoms with Crippen molar-refractivity contribution >= 4 is 11.9 Å². The molecule has 0 atom stereocenters. The quantitative estimate of drug-likeness (QED) is 0.736. The summed E-state index contributed by atoms with van der Waals surface area (Å²) in [5.74, 6) is 1.38. The third-order valence-electron chi connectivity index (χ3n) is 2.43. The van der Waals surface area contributed by atoms with Crippen LogP contribution < -0.4 is 20.5 Å². The van der Waals surface area contributed by atoms with Crippen LogP contribution in [0.4, 0.5) is 11.9 Å². The van der Waals surface area contributed by atoms with Gasteiger partial charge in [0.05, 0.1) is 13.7 Å². The lowest BCUT2D eigenvalue weighted by Crippen LogP contribution is -2.11. The van der Waals surface area contributed by atoms with Crippen molar-refractivity contribution in [2.45, 2.75) is 6.42 Å². The van der Waals surface area contributed by atoms with Crippen LogP contribution in [0.25, 0.3) is 0 Å². The van der Waals surface area contributed by atoms with E-state index in [1.165, 1.54) is 7.11 Å². The van der Waals surface area contributed by atoms with Gasteiger partial charge >= 0.3 is 6.01 Å². The summed E-state index contributed by atoms with van der Waals surface area (Å²) in [6.07, 6.45) is 0.808. The zero-order valence-corrected chi connectivity index (χ0v) is 11.2. The number of nitrogen functional groups attached to an aromatic ring is 1. The van der Waals surface area contributed by atoms with Gasteiger partial charge in [0.25, 0.3) is 0 Å². The highest BCUT2D eigenvalue weighted by Gasteiger charge is 2.03. The minimum Gasteiger partial charge on any atom is -0.494 e. The Bertz CT molecular complexity index is 536. The van der Waals surface area contributed by atoms with Gasteiger partial charge in [-0.2, -0.15) is 15.0 Å². The van der Waals surface area contributed by atoms with E-state index in [0.29, 0.717) is 19.1 Å². The molecule has 0 aliphatic carbocycles. The predicted octanol–water partition coefficient (Wildman–Crippen LogP) is 1.34. The molecule has 0 amide bonds. The van der Waals surface area contributed by atoms with E-state index < -0.39 is 0 Å². The molecule has 1 heterocycles. The van der Waals surface area contributed by atoms with E-state index in [-0.39, 0.29) is 12.0 Å². The molecule has 0 radical (unpaired) electrons. The standard InChI is InChI=1S/C13H17N5O2/c1-19-13-17-11(14)16-12(18-13)15-8-5-9-20-10-6-3-2-4-7-10/h2-4,6-7H,5,8-9H2,1H3,(H3,14,15,16,17,18). The van der Waals surface area contributed by atoms with Gasteiger partial charge in [0.2, 0.25) is 11.9 Å². The van der Waals surface area contributed by atoms with Crippen LogP contribution in [0.5, 0.6) is 11.8 Å². The smallest absolute Gasteiger partial charge is 0.322 e. The zero-order chi connectivity index (χ0) is 14.2. The molecule has 7 heteroatoms. The van der Waals surface area contributed by atoms with Gasteiger partial charge in [-0.1, -0.05) is 18.2 Å². The predicted molar refractivity (Wildman–Crippen MR) is 75.8 cm³/mol. The van der Waals surface area contributed by atoms with E-state index in [9.17, 15) is 0 Å². The first kappa shape index (κ1) is 13.9. The molecular formula is C13H17N5O2. The van der Waals surface area contributed by atoms with Gasteiger partial charge < -0.3 is 20.5 Å². The SMILES string of the molecule is COc1nc(N)nc(NCCCOc2ccccc2)n1. The number of methoxy groups -OCH3 is 1. The average molecular weight is 275 g/mol. The number of ether oxygens (including phenoxy) is 2. The minimum absolute atomic E-state index is 0.125. The fraction of sp³-hybridized carbons (Fsp3) is 0.308. The average Bonchev–Trinajstić information content (AvgIpc) is 2.47. The van der Waals surface area contributed by atoms with E-state index in [1.54, 1.807) is 0 Å². The summed E-state index contributed by atoms with van der Waals surface area (Å²) in [5.41, 5.74) is 5.53. The van der Waals surface area contributed by atoms with E-state index in [2.05, 4.69) is 20.3 Å². The summed E-state index contributed by atoms with van der Waals surface area (Å²) in [7, 11) is 1.48. The van der Waals surface area contributed by atoms with E-state index in [4.69, 9.17) is 15.2 Å². The Morgan fingerprint density at radius 3 is 2.70 bits per heavy atom. The molecule has 0 aliphatic heterocycles. The van der Waals surface area contributed by atoms with Gasteiger partial charge in [-0.15, -0.1) is 0 Å². The highest BCUT2D eigenvalue weighted by atomic mass is 16.5. The van der Waals surface area contributed by atoms with Crippen molar-refractivity contribution in [3.05, 3.63) is 30.3 Å². The van der Waals surface area contributed by atoms with Crippen LogP contribution >= 0.6 is 0 Å². The molecule has 0 unspecified atom stereocenters. The number of para-hydroxylation sites is 1. The van der Waals surface area contributed by atoms with Crippen LogP contribution in [0.1, 0.15) is 6.42 Å². The molecule has 0 fully saturated rings. The van der Waals surface area contributed by atoms with Crippen molar-refractivity contribution in [1.82, 2.24) is 15.0 Å². The Hall–Kier alpha value is -2.57. The summed E-state index contributed by atoms with van der Waals surface area (Å²) in [6.45, 7) is 1.27. The van der Waals surface area contributed by atoms with Gasteiger partial charge in [0.1, 0.15) is 5.75 Å². The molecule has 1 aromatic carbocycles. The fourth-order valence-electron chi connectivity index (χ4n) is 1.52. The molecule has 7 nitrogen and oxygen atoms in total. The first-order chi connectivity index (χ1) is 9.78. The van der Waals surface area contributed by atoms with Crippen molar-refractivity contribution in [3.8, 4) is 11.8 Å². The third-order valence-corrected chi connectivity index (χ3v) is 2.43. The topological polar surface area (TPSA) is 95.2 Å². The molecule has 2 rings (SSSR count). The third kappa shape index (κ3) is 4.27. The van der Waals surface area contributed by atoms with Gasteiger partial charge in [-0.3, -0.25) is 0 Å². The highest BCUT2D eigenvalue weighted by molar-refractivity contribution is 5.32. The number of hydrogen-bond acceptors (Lipinski definition) is 7. The molecule has 1 aromatic heterocycles. The van der Waals surface area contributed by atoms with Crippen molar-refractivity contribution in [2.24, 2.45) is 0 Å². The van der Waals surface area contributed by atoms with Crippen molar-refractivity contribution < 1.29 is 9.47 Å². The molecule has 106 valence electrons. The lowest BCUT2D eigenvalue weighted by atomic mass is 10.3. The number of nitrogens with one attached hydrogen (secondary N) is 1. The Morgan fingerprint density at radius 1 is 1.15 bits per heavy atom. The summed E-state index contributed by atoms with van der Waals surface area (Å²) in [5, 5.41) is 3.04. The molecule has 0 saturated heterocycles. The molecule has 0 aliphatic rings. The Morgan fingerprint density at radius 2 is 1.95 bits per heavy atom. The second-order valence-electron chi connectivity index (χ2n) is 3.95. The summed E-state index contributed by atoms with van der Waals surface area (Å²) in [6, 6.07) is 9.87. The number of benzene rings is 1. The van der Waals surface area contributed by atoms with Crippen LogP contribution in [-0.4, -0.2) is 35.2 Å². The summed E-state index contributed by atoms with van der Waals surface area (Å²) < 4.78 is 10.5. The lowest BCUT2D eigenvalue weighted by molar-refractivity contribution is 0.315. The number of rotatable bonds is 7. The first-order valence-electron chi connectivity index (χ1n) is 6.25. The molecule has 2 aromatic rings. The maximum absolute atomic E-state index is 5.57. The molecule has 0 saturated carbocycles. The van der Waals surface area contributed by atoms with Crippen LogP contribution in [0.3, 0.4) is 0 Å². The maximum Gasteiger partial charge on any atom is 0.322 e. The monoisotopic (exact) mass is 275 g/mol. The Labute approximate surface area is 117 Å². The molecule has 20 heavy (non-hydrogen) atoms. The fourth-order valence-corrected chi connectivity index (χ4v) is 1.52.